The van der Waals surface area contributed by atoms with Crippen molar-refractivity contribution in [2.75, 3.05) is 36.0 Å². The molecule has 1 aromatic carbocycles. The average molecular weight is 356 g/mol. The van der Waals surface area contributed by atoms with E-state index in [1.807, 2.05) is 0 Å². The Labute approximate surface area is 149 Å². The zero-order valence-corrected chi connectivity index (χ0v) is 14.4. The van der Waals surface area contributed by atoms with Gasteiger partial charge < -0.3 is 9.80 Å². The second-order valence-electron chi connectivity index (χ2n) is 5.82. The zero-order chi connectivity index (χ0) is 17.1. The number of anilines is 2. The van der Waals surface area contributed by atoms with Crippen molar-refractivity contribution in [1.82, 2.24) is 20.2 Å². The lowest BCUT2D eigenvalue weighted by Gasteiger charge is -2.34. The first-order valence-electron chi connectivity index (χ1n) is 8.11. The van der Waals surface area contributed by atoms with E-state index in [0.29, 0.717) is 6.42 Å². The van der Waals surface area contributed by atoms with Gasteiger partial charge in [-0.3, -0.25) is 4.98 Å². The van der Waals surface area contributed by atoms with Crippen LogP contribution in [0.15, 0.2) is 42.9 Å². The van der Waals surface area contributed by atoms with Crippen molar-refractivity contribution in [3.05, 3.63) is 59.2 Å². The summed E-state index contributed by atoms with van der Waals surface area (Å²) in [5.41, 5.74) is 1.04. The normalized spacial score (nSPS) is 14.8. The van der Waals surface area contributed by atoms with Crippen molar-refractivity contribution in [3.8, 4) is 0 Å². The molecular weight excluding hydrogens is 339 g/mol. The van der Waals surface area contributed by atoms with Gasteiger partial charge in [0.05, 0.1) is 6.20 Å². The molecule has 1 saturated heterocycles. The molecule has 6 nitrogen and oxygen atoms in total. The third kappa shape index (κ3) is 3.74. The largest absolute Gasteiger partial charge is 0.352 e. The lowest BCUT2D eigenvalue weighted by Crippen LogP contribution is -2.46. The van der Waals surface area contributed by atoms with E-state index in [1.54, 1.807) is 42.1 Å². The van der Waals surface area contributed by atoms with Gasteiger partial charge >= 0.3 is 0 Å². The van der Waals surface area contributed by atoms with Gasteiger partial charge in [-0.1, -0.05) is 23.5 Å². The third-order valence-electron chi connectivity index (χ3n) is 4.15. The van der Waals surface area contributed by atoms with E-state index < -0.39 is 0 Å². The summed E-state index contributed by atoms with van der Waals surface area (Å²) in [5, 5.41) is 10.5. The fourth-order valence-electron chi connectivity index (χ4n) is 2.80. The van der Waals surface area contributed by atoms with Crippen molar-refractivity contribution >= 4 is 22.3 Å². The minimum atomic E-state index is -0.220. The van der Waals surface area contributed by atoms with Crippen molar-refractivity contribution in [2.24, 2.45) is 0 Å². The molecule has 4 rings (SSSR count). The van der Waals surface area contributed by atoms with Gasteiger partial charge in [-0.2, -0.15) is 0 Å². The minimum absolute atomic E-state index is 0.220. The van der Waals surface area contributed by atoms with Crippen molar-refractivity contribution in [1.29, 1.82) is 0 Å². The Bertz CT molecular complexity index is 815. The Kier molecular flexibility index (Phi) is 4.51. The SMILES string of the molecule is Fc1ccc(Cc2nnc(N3CCN(c4cnccn4)CC3)s2)cc1. The Balaban J connectivity index is 1.37. The molecule has 0 aliphatic carbocycles. The van der Waals surface area contributed by atoms with E-state index in [-0.39, 0.29) is 5.82 Å². The van der Waals surface area contributed by atoms with E-state index >= 15 is 0 Å². The molecule has 8 heteroatoms. The van der Waals surface area contributed by atoms with E-state index in [4.69, 9.17) is 0 Å². The zero-order valence-electron chi connectivity index (χ0n) is 13.5. The molecule has 1 aliphatic heterocycles. The summed E-state index contributed by atoms with van der Waals surface area (Å²) in [5.74, 6) is 0.694. The van der Waals surface area contributed by atoms with Crippen molar-refractivity contribution in [3.63, 3.8) is 0 Å². The highest BCUT2D eigenvalue weighted by Gasteiger charge is 2.21. The monoisotopic (exact) mass is 356 g/mol. The van der Waals surface area contributed by atoms with Crippen LogP contribution in [0.5, 0.6) is 0 Å². The Morgan fingerprint density at radius 2 is 1.72 bits per heavy atom. The maximum absolute atomic E-state index is 13.0. The van der Waals surface area contributed by atoms with E-state index in [2.05, 4.69) is 30.0 Å². The van der Waals surface area contributed by atoms with Gasteiger partial charge in [-0.05, 0) is 17.7 Å². The molecule has 0 atom stereocenters. The molecule has 0 saturated carbocycles. The van der Waals surface area contributed by atoms with Crippen LogP contribution in [-0.2, 0) is 6.42 Å². The Hall–Kier alpha value is -2.61. The molecule has 0 bridgehead atoms. The quantitative estimate of drug-likeness (QED) is 0.715. The second kappa shape index (κ2) is 7.10. The number of benzene rings is 1. The maximum Gasteiger partial charge on any atom is 0.208 e. The van der Waals surface area contributed by atoms with Crippen molar-refractivity contribution in [2.45, 2.75) is 6.42 Å². The molecule has 0 radical (unpaired) electrons. The molecule has 1 fully saturated rings. The van der Waals surface area contributed by atoms with Crippen LogP contribution < -0.4 is 9.80 Å². The standard InChI is InChI=1S/C17H17FN6S/c18-14-3-1-13(2-4-14)11-16-21-22-17(25-16)24-9-7-23(8-10-24)15-12-19-5-6-20-15/h1-6,12H,7-11H2. The third-order valence-corrected chi connectivity index (χ3v) is 5.13. The second-order valence-corrected chi connectivity index (χ2v) is 6.86. The van der Waals surface area contributed by atoms with Crippen LogP contribution >= 0.6 is 11.3 Å². The summed E-state index contributed by atoms with van der Waals surface area (Å²) in [6.07, 6.45) is 5.87. The smallest absolute Gasteiger partial charge is 0.208 e. The first-order valence-corrected chi connectivity index (χ1v) is 8.92. The van der Waals surface area contributed by atoms with Crippen LogP contribution in [0.4, 0.5) is 15.3 Å². The summed E-state index contributed by atoms with van der Waals surface area (Å²) in [7, 11) is 0. The average Bonchev–Trinajstić information content (AvgIpc) is 3.13. The first-order chi connectivity index (χ1) is 12.3. The summed E-state index contributed by atoms with van der Waals surface area (Å²) in [6.45, 7) is 3.51. The van der Waals surface area contributed by atoms with E-state index in [0.717, 1.165) is 47.7 Å². The van der Waals surface area contributed by atoms with Crippen molar-refractivity contribution < 1.29 is 4.39 Å². The number of halogens is 1. The van der Waals surface area contributed by atoms with Gasteiger partial charge in [0.15, 0.2) is 0 Å². The summed E-state index contributed by atoms with van der Waals surface area (Å²) < 4.78 is 13.0. The molecule has 2 aromatic heterocycles. The highest BCUT2D eigenvalue weighted by molar-refractivity contribution is 7.15. The highest BCUT2D eigenvalue weighted by Crippen LogP contribution is 2.24. The summed E-state index contributed by atoms with van der Waals surface area (Å²) >= 11 is 1.60. The fraction of sp³-hybridized carbons (Fsp3) is 0.294. The van der Waals surface area contributed by atoms with Crippen LogP contribution in [-0.4, -0.2) is 46.3 Å². The van der Waals surface area contributed by atoms with Gasteiger partial charge in [0.2, 0.25) is 5.13 Å². The summed E-state index contributed by atoms with van der Waals surface area (Å²) in [4.78, 5) is 12.9. The minimum Gasteiger partial charge on any atom is -0.352 e. The predicted molar refractivity (Wildman–Crippen MR) is 95.6 cm³/mol. The van der Waals surface area contributed by atoms with Gasteiger partial charge in [-0.25, -0.2) is 9.37 Å². The molecule has 128 valence electrons. The van der Waals surface area contributed by atoms with E-state index in [9.17, 15) is 4.39 Å². The van der Waals surface area contributed by atoms with Gasteiger partial charge in [-0.15, -0.1) is 10.2 Å². The molecule has 3 aromatic rings. The van der Waals surface area contributed by atoms with Crippen LogP contribution in [0, 0.1) is 5.82 Å². The summed E-state index contributed by atoms with van der Waals surface area (Å²) in [6, 6.07) is 6.53. The van der Waals surface area contributed by atoms with Gasteiger partial charge in [0.25, 0.3) is 0 Å². The number of piperazine rings is 1. The highest BCUT2D eigenvalue weighted by atomic mass is 32.1. The number of aromatic nitrogens is 4. The molecule has 0 spiro atoms. The van der Waals surface area contributed by atoms with Gasteiger partial charge in [0.1, 0.15) is 16.6 Å². The Morgan fingerprint density at radius 1 is 0.960 bits per heavy atom. The van der Waals surface area contributed by atoms with Crippen LogP contribution in [0.1, 0.15) is 10.6 Å². The number of hydrogen-bond donors (Lipinski definition) is 0. The fourth-order valence-corrected chi connectivity index (χ4v) is 3.73. The molecule has 3 heterocycles. The van der Waals surface area contributed by atoms with Gasteiger partial charge in [0, 0.05) is 45.0 Å². The molecule has 0 N–H and O–H groups in total. The van der Waals surface area contributed by atoms with Crippen LogP contribution in [0.3, 0.4) is 0 Å². The van der Waals surface area contributed by atoms with Crippen LogP contribution in [0.2, 0.25) is 0 Å². The molecular formula is C17H17FN6S. The number of nitrogens with zero attached hydrogens (tertiary/aromatic N) is 6. The molecule has 1 aliphatic rings. The number of rotatable bonds is 4. The van der Waals surface area contributed by atoms with Crippen LogP contribution in [0.25, 0.3) is 0 Å². The lowest BCUT2D eigenvalue weighted by atomic mass is 10.2. The predicted octanol–water partition coefficient (Wildman–Crippen LogP) is 2.38. The Morgan fingerprint density at radius 3 is 2.44 bits per heavy atom. The maximum atomic E-state index is 13.0. The molecule has 0 unspecified atom stereocenters. The molecule has 0 amide bonds. The lowest BCUT2D eigenvalue weighted by molar-refractivity contribution is 0.627. The molecule has 25 heavy (non-hydrogen) atoms. The number of hydrogen-bond acceptors (Lipinski definition) is 7. The first kappa shape index (κ1) is 15.9. The topological polar surface area (TPSA) is 58.0 Å². The van der Waals surface area contributed by atoms with E-state index in [1.165, 1.54) is 12.1 Å².